The number of ether oxygens (including phenoxy) is 2. The molecule has 6 nitrogen and oxygen atoms in total. The Morgan fingerprint density at radius 1 is 0.674 bits per heavy atom. The summed E-state index contributed by atoms with van der Waals surface area (Å²) < 4.78 is 37.9. The van der Waals surface area contributed by atoms with Crippen molar-refractivity contribution in [2.24, 2.45) is 11.8 Å². The molecule has 0 N–H and O–H groups in total. The van der Waals surface area contributed by atoms with Gasteiger partial charge in [-0.3, -0.25) is 0 Å². The molecule has 0 aliphatic carbocycles. The minimum atomic E-state index is -0.317. The van der Waals surface area contributed by atoms with Gasteiger partial charge in [-0.05, 0) is 0 Å². The fourth-order valence-electron chi connectivity index (χ4n) is 7.01. The van der Waals surface area contributed by atoms with Gasteiger partial charge in [0.1, 0.15) is 0 Å². The van der Waals surface area contributed by atoms with Gasteiger partial charge in [-0.15, -0.1) is 0 Å². The van der Waals surface area contributed by atoms with Gasteiger partial charge in [0.25, 0.3) is 0 Å². The first-order chi connectivity index (χ1) is 22.1. The van der Waals surface area contributed by atoms with Crippen LogP contribution in [-0.2, 0) is 26.2 Å². The van der Waals surface area contributed by atoms with Gasteiger partial charge < -0.3 is 0 Å². The summed E-state index contributed by atoms with van der Waals surface area (Å²) in [5, 5.41) is 0. The molecule has 9 atom stereocenters. The van der Waals surface area contributed by atoms with E-state index in [4.69, 9.17) is 27.6 Å². The second-order valence-corrected chi connectivity index (χ2v) is 14.4. The average molecular weight is 776 g/mol. The summed E-state index contributed by atoms with van der Waals surface area (Å²) in [7, 11) is 9.33. The van der Waals surface area contributed by atoms with E-state index in [9.17, 15) is 0 Å². The molecule has 0 spiro atoms. The van der Waals surface area contributed by atoms with Crippen molar-refractivity contribution in [2.45, 2.75) is 59.2 Å². The van der Waals surface area contributed by atoms with Gasteiger partial charge in [0.15, 0.2) is 0 Å². The fraction of sp³-hybridized carbons (Fsp3) is 0.314. The number of aryl methyl sites for hydroxylation is 3. The summed E-state index contributed by atoms with van der Waals surface area (Å²) in [5.41, 5.74) is 9.40. The van der Waals surface area contributed by atoms with Crippen LogP contribution in [0.2, 0.25) is 0 Å². The second kappa shape index (κ2) is 13.9. The van der Waals surface area contributed by atoms with Gasteiger partial charge >= 0.3 is 294 Å². The van der Waals surface area contributed by atoms with Crippen molar-refractivity contribution in [3.8, 4) is 34.5 Å². The van der Waals surface area contributed by atoms with Gasteiger partial charge in [0.05, 0.1) is 0 Å². The zero-order chi connectivity index (χ0) is 32.9. The minimum absolute atomic E-state index is 0.0236. The molecule has 46 heavy (non-hydrogen) atoms. The van der Waals surface area contributed by atoms with Crippen LogP contribution >= 0.6 is 37.9 Å². The molecule has 11 heteroatoms. The Bertz CT molecular complexity index is 1800. The number of hydrogen-bond acceptors (Lipinski definition) is 6. The molecular formula is C35H39MoO6P4. The van der Waals surface area contributed by atoms with Gasteiger partial charge in [-0.25, -0.2) is 0 Å². The molecular weight excluding hydrogens is 736 g/mol. The Morgan fingerprint density at radius 3 is 2.04 bits per heavy atom. The fourth-order valence-corrected chi connectivity index (χ4v) is 8.69. The average Bonchev–Trinajstić information content (AvgIpc) is 3.05. The van der Waals surface area contributed by atoms with Crippen molar-refractivity contribution in [3.05, 3.63) is 99.1 Å². The standard InChI is InChI=1S/C35H39O6P4.Mo/c1-17-6-8-22(12-19(17)3)33-20(4)13-26-18(2)7-10-25(35(26)37-33)31-21(5)34(23-9-11-27(39-43)28(14-23)40-44)36-29-15-24(38-42)16-30(41-45)32(29)31;/h6-9,11-12,14-16,20-21,31,33-34H,13,42-45H2,1-5H3;. The molecule has 0 aromatic heterocycles. The Hall–Kier alpha value is -1.91. The maximum absolute atomic E-state index is 7.21. The number of rotatable bonds is 7. The third kappa shape index (κ3) is 6.08. The third-order valence-electron chi connectivity index (χ3n) is 9.53. The monoisotopic (exact) mass is 777 g/mol. The first kappa shape index (κ1) is 34.0. The van der Waals surface area contributed by atoms with Crippen LogP contribution in [0.1, 0.15) is 76.5 Å². The van der Waals surface area contributed by atoms with Gasteiger partial charge in [0, 0.05) is 0 Å². The van der Waals surface area contributed by atoms with Crippen molar-refractivity contribution in [3.63, 3.8) is 0 Å². The van der Waals surface area contributed by atoms with Crippen LogP contribution in [0.4, 0.5) is 0 Å². The van der Waals surface area contributed by atoms with E-state index in [2.05, 4.69) is 117 Å². The molecule has 0 bridgehead atoms. The number of hydrogen-bond donors (Lipinski definition) is 0. The number of benzene rings is 4. The van der Waals surface area contributed by atoms with E-state index in [1.54, 1.807) is 0 Å². The van der Waals surface area contributed by atoms with Crippen molar-refractivity contribution in [1.82, 2.24) is 0 Å². The molecule has 9 unspecified atom stereocenters. The molecule has 0 saturated heterocycles. The molecule has 0 fully saturated rings. The van der Waals surface area contributed by atoms with E-state index in [1.165, 1.54) is 37.3 Å². The van der Waals surface area contributed by atoms with Crippen LogP contribution < -0.4 is 31.5 Å². The Kier molecular flexibility index (Phi) is 10.3. The van der Waals surface area contributed by atoms with Gasteiger partial charge in [0.2, 0.25) is 0 Å². The van der Waals surface area contributed by atoms with Crippen LogP contribution in [0.5, 0.6) is 34.5 Å². The van der Waals surface area contributed by atoms with Crippen LogP contribution in [0.15, 0.2) is 54.6 Å². The summed E-state index contributed by atoms with van der Waals surface area (Å²) in [6.45, 7) is 11.1. The second-order valence-electron chi connectivity index (χ2n) is 12.4. The Labute approximate surface area is 292 Å². The van der Waals surface area contributed by atoms with Crippen molar-refractivity contribution in [2.75, 3.05) is 0 Å². The molecule has 6 rings (SSSR count). The Balaban J connectivity index is 1.57. The molecule has 0 amide bonds. The van der Waals surface area contributed by atoms with Crippen LogP contribution in [0.25, 0.3) is 0 Å². The van der Waals surface area contributed by atoms with Crippen molar-refractivity contribution in [1.29, 1.82) is 0 Å². The molecule has 241 valence electrons. The molecule has 2 aliphatic rings. The molecule has 2 aliphatic heterocycles. The Morgan fingerprint density at radius 2 is 1.37 bits per heavy atom. The topological polar surface area (TPSA) is 55.4 Å². The predicted octanol–water partition coefficient (Wildman–Crippen LogP) is 8.67. The third-order valence-corrected chi connectivity index (χ3v) is 11.4. The summed E-state index contributed by atoms with van der Waals surface area (Å²) in [6.07, 6.45) is 0.548. The summed E-state index contributed by atoms with van der Waals surface area (Å²) in [6, 6.07) is 18.8. The molecule has 4 aromatic carbocycles. The maximum atomic E-state index is 7.21. The SMILES string of the molecule is Cc1ccc(C2Oc3c(c(C)c[c]([Mo])c3C3c4c(OP)cc(OP)cc4OC(c4ccc(OP)c(OP)c4)C3C)CC2C)cc1C. The van der Waals surface area contributed by atoms with Crippen molar-refractivity contribution < 1.29 is 47.4 Å². The van der Waals surface area contributed by atoms with Crippen LogP contribution in [0, 0.1) is 32.6 Å². The zero-order valence-electron chi connectivity index (χ0n) is 26.5. The molecule has 0 saturated carbocycles. The normalized spacial score (nSPS) is 21.7. The summed E-state index contributed by atoms with van der Waals surface area (Å²) in [4.78, 5) is 0. The van der Waals surface area contributed by atoms with Crippen LogP contribution in [-0.4, -0.2) is 0 Å². The van der Waals surface area contributed by atoms with Gasteiger partial charge in [-0.1, -0.05) is 0 Å². The predicted molar refractivity (Wildman–Crippen MR) is 192 cm³/mol. The first-order valence-corrected chi connectivity index (χ1v) is 18.0. The van der Waals surface area contributed by atoms with E-state index in [1.807, 2.05) is 30.3 Å². The van der Waals surface area contributed by atoms with E-state index in [0.717, 1.165) is 23.3 Å². The van der Waals surface area contributed by atoms with Gasteiger partial charge in [-0.2, -0.15) is 0 Å². The summed E-state index contributed by atoms with van der Waals surface area (Å²) in [5.74, 6) is 4.37. The van der Waals surface area contributed by atoms with Crippen molar-refractivity contribution >= 4 is 41.8 Å². The van der Waals surface area contributed by atoms with E-state index < -0.39 is 0 Å². The van der Waals surface area contributed by atoms with Crippen LogP contribution in [0.3, 0.4) is 0 Å². The molecule has 4 aromatic rings. The summed E-state index contributed by atoms with van der Waals surface area (Å²) >= 11 is 2.10. The molecule has 2 heterocycles. The first-order valence-electron chi connectivity index (χ1n) is 15.1. The zero-order valence-corrected chi connectivity index (χ0v) is 33.1. The quantitative estimate of drug-likeness (QED) is 0.139. The van der Waals surface area contributed by atoms with E-state index in [-0.39, 0.29) is 24.0 Å². The van der Waals surface area contributed by atoms with E-state index in [0.29, 0.717) is 34.7 Å². The van der Waals surface area contributed by atoms with E-state index >= 15 is 0 Å². The molecule has 0 radical (unpaired) electrons. The number of fused-ring (bicyclic) bond motifs is 2.